The van der Waals surface area contributed by atoms with Gasteiger partial charge in [-0.25, -0.2) is 4.79 Å². The highest BCUT2D eigenvalue weighted by Crippen LogP contribution is 2.17. The first-order valence-corrected chi connectivity index (χ1v) is 8.62. The molecule has 0 aromatic heterocycles. The Morgan fingerprint density at radius 1 is 0.679 bits per heavy atom. The molecule has 28 heavy (non-hydrogen) atoms. The fourth-order valence-corrected chi connectivity index (χ4v) is 2.69. The van der Waals surface area contributed by atoms with Crippen molar-refractivity contribution in [1.82, 2.24) is 0 Å². The van der Waals surface area contributed by atoms with Crippen LogP contribution in [-0.4, -0.2) is 22.9 Å². The maximum absolute atomic E-state index is 12.5. The highest BCUT2D eigenvalue weighted by Gasteiger charge is 2.11. The lowest BCUT2D eigenvalue weighted by molar-refractivity contribution is 0.0696. The summed E-state index contributed by atoms with van der Waals surface area (Å²) < 4.78 is 0. The normalized spacial score (nSPS) is 10.2. The molecule has 0 saturated carbocycles. The Balaban J connectivity index is 1.73. The van der Waals surface area contributed by atoms with E-state index in [4.69, 9.17) is 16.7 Å². The molecule has 6 nitrogen and oxygen atoms in total. The number of hydrogen-bond donors (Lipinski definition) is 3. The topological polar surface area (TPSA) is 95.5 Å². The van der Waals surface area contributed by atoms with Gasteiger partial charge in [-0.3, -0.25) is 9.59 Å². The van der Waals surface area contributed by atoms with Crippen LogP contribution in [0.5, 0.6) is 0 Å². The molecule has 0 bridgehead atoms. The Morgan fingerprint density at radius 2 is 1.14 bits per heavy atom. The molecule has 0 radical (unpaired) electrons. The van der Waals surface area contributed by atoms with Crippen molar-refractivity contribution in [3.8, 4) is 0 Å². The second-order valence-corrected chi connectivity index (χ2v) is 6.32. The maximum Gasteiger partial charge on any atom is 0.335 e. The highest BCUT2D eigenvalue weighted by molar-refractivity contribution is 6.31. The average molecular weight is 395 g/mol. The number of aromatic carboxylic acids is 1. The number of hydrogen-bond acceptors (Lipinski definition) is 3. The highest BCUT2D eigenvalue weighted by atomic mass is 35.5. The van der Waals surface area contributed by atoms with Crippen LogP contribution in [-0.2, 0) is 0 Å². The third-order valence-electron chi connectivity index (χ3n) is 3.84. The molecule has 2 amide bonds. The van der Waals surface area contributed by atoms with E-state index in [2.05, 4.69) is 10.6 Å². The van der Waals surface area contributed by atoms with Crippen LogP contribution in [0.25, 0.3) is 0 Å². The molecule has 0 spiro atoms. The summed E-state index contributed by atoms with van der Waals surface area (Å²) >= 11 is 5.90. The summed E-state index contributed by atoms with van der Waals surface area (Å²) in [4.78, 5) is 35.8. The van der Waals surface area contributed by atoms with Gasteiger partial charge in [-0.2, -0.15) is 0 Å². The van der Waals surface area contributed by atoms with E-state index in [0.29, 0.717) is 27.5 Å². The van der Waals surface area contributed by atoms with E-state index in [0.717, 1.165) is 0 Å². The van der Waals surface area contributed by atoms with Gasteiger partial charge >= 0.3 is 5.97 Å². The van der Waals surface area contributed by atoms with E-state index in [1.807, 2.05) is 0 Å². The number of carbonyl (C=O) groups excluding carboxylic acids is 2. The molecule has 0 aliphatic carbocycles. The van der Waals surface area contributed by atoms with Crippen molar-refractivity contribution >= 4 is 40.8 Å². The lowest BCUT2D eigenvalue weighted by Crippen LogP contribution is -2.15. The summed E-state index contributed by atoms with van der Waals surface area (Å²) in [5.41, 5.74) is 1.58. The van der Waals surface area contributed by atoms with Gasteiger partial charge in [0.15, 0.2) is 0 Å². The van der Waals surface area contributed by atoms with Crippen molar-refractivity contribution in [2.24, 2.45) is 0 Å². The number of amides is 2. The van der Waals surface area contributed by atoms with Gasteiger partial charge in [0.05, 0.1) is 5.56 Å². The fraction of sp³-hybridized carbons (Fsp3) is 0. The summed E-state index contributed by atoms with van der Waals surface area (Å²) in [6.45, 7) is 0. The first-order chi connectivity index (χ1) is 13.4. The molecular formula is C21H15ClN2O4. The molecule has 3 rings (SSSR count). The van der Waals surface area contributed by atoms with Crippen molar-refractivity contribution in [3.63, 3.8) is 0 Å². The second-order valence-electron chi connectivity index (χ2n) is 5.89. The molecule has 7 heteroatoms. The molecule has 0 saturated heterocycles. The second kappa shape index (κ2) is 8.37. The number of anilines is 2. The minimum Gasteiger partial charge on any atom is -0.478 e. The fourth-order valence-electron chi connectivity index (χ4n) is 2.50. The minimum atomic E-state index is -1.08. The Kier molecular flexibility index (Phi) is 5.72. The third kappa shape index (κ3) is 4.75. The monoisotopic (exact) mass is 394 g/mol. The molecule has 3 N–H and O–H groups in total. The molecule has 140 valence electrons. The predicted molar refractivity (Wildman–Crippen MR) is 107 cm³/mol. The quantitative estimate of drug-likeness (QED) is 0.591. The van der Waals surface area contributed by atoms with Crippen LogP contribution in [0.15, 0.2) is 72.8 Å². The van der Waals surface area contributed by atoms with Crippen molar-refractivity contribution in [1.29, 1.82) is 0 Å². The van der Waals surface area contributed by atoms with Crippen molar-refractivity contribution in [3.05, 3.63) is 94.5 Å². The SMILES string of the molecule is O=C(O)c1cccc(NC(=O)c2cccc(NC(=O)c3cccc(Cl)c3)c2)c1. The first kappa shape index (κ1) is 19.1. The Hall–Kier alpha value is -3.64. The Labute approximate surface area is 165 Å². The zero-order chi connectivity index (χ0) is 20.1. The van der Waals surface area contributed by atoms with Crippen LogP contribution in [0.2, 0.25) is 5.02 Å². The Bertz CT molecular complexity index is 1070. The van der Waals surface area contributed by atoms with Crippen LogP contribution in [0.3, 0.4) is 0 Å². The van der Waals surface area contributed by atoms with Gasteiger partial charge in [0, 0.05) is 27.5 Å². The lowest BCUT2D eigenvalue weighted by Gasteiger charge is -2.09. The van der Waals surface area contributed by atoms with Crippen molar-refractivity contribution < 1.29 is 19.5 Å². The summed E-state index contributed by atoms with van der Waals surface area (Å²) in [6.07, 6.45) is 0. The molecule has 0 aliphatic heterocycles. The smallest absolute Gasteiger partial charge is 0.335 e. The molecular weight excluding hydrogens is 380 g/mol. The van der Waals surface area contributed by atoms with E-state index in [9.17, 15) is 14.4 Å². The van der Waals surface area contributed by atoms with Crippen LogP contribution in [0, 0.1) is 0 Å². The van der Waals surface area contributed by atoms with Crippen LogP contribution in [0.1, 0.15) is 31.1 Å². The zero-order valence-electron chi connectivity index (χ0n) is 14.5. The van der Waals surface area contributed by atoms with Gasteiger partial charge in [-0.05, 0) is 54.6 Å². The minimum absolute atomic E-state index is 0.0698. The molecule has 0 atom stereocenters. The Morgan fingerprint density at radius 3 is 1.68 bits per heavy atom. The predicted octanol–water partition coefficient (Wildman–Crippen LogP) is 4.54. The third-order valence-corrected chi connectivity index (χ3v) is 4.07. The van der Waals surface area contributed by atoms with Crippen molar-refractivity contribution in [2.75, 3.05) is 10.6 Å². The van der Waals surface area contributed by atoms with Crippen LogP contribution >= 0.6 is 11.6 Å². The zero-order valence-corrected chi connectivity index (χ0v) is 15.2. The van der Waals surface area contributed by atoms with E-state index >= 15 is 0 Å². The van der Waals surface area contributed by atoms with Gasteiger partial charge in [-0.1, -0.05) is 29.8 Å². The summed E-state index contributed by atoms with van der Waals surface area (Å²) in [6, 6.07) is 18.9. The van der Waals surface area contributed by atoms with Gasteiger partial charge in [0.1, 0.15) is 0 Å². The average Bonchev–Trinajstić information content (AvgIpc) is 2.68. The summed E-state index contributed by atoms with van der Waals surface area (Å²) in [7, 11) is 0. The molecule has 0 heterocycles. The summed E-state index contributed by atoms with van der Waals surface area (Å²) in [5, 5.41) is 14.8. The number of benzene rings is 3. The van der Waals surface area contributed by atoms with Crippen LogP contribution < -0.4 is 10.6 Å². The molecule has 0 aliphatic rings. The number of rotatable bonds is 5. The standard InChI is InChI=1S/C21H15ClN2O4/c22-16-7-1-4-13(10-16)19(25)23-17-8-2-5-14(11-17)20(26)24-18-9-3-6-15(12-18)21(27)28/h1-12H,(H,23,25)(H,24,26)(H,27,28). The van der Waals surface area contributed by atoms with E-state index in [1.165, 1.54) is 18.2 Å². The number of carbonyl (C=O) groups is 3. The number of halogens is 1. The van der Waals surface area contributed by atoms with Crippen molar-refractivity contribution in [2.45, 2.75) is 0 Å². The van der Waals surface area contributed by atoms with Gasteiger partial charge < -0.3 is 15.7 Å². The van der Waals surface area contributed by atoms with E-state index in [-0.39, 0.29) is 11.5 Å². The van der Waals surface area contributed by atoms with E-state index in [1.54, 1.807) is 54.6 Å². The molecule has 0 fully saturated rings. The van der Waals surface area contributed by atoms with Crippen LogP contribution in [0.4, 0.5) is 11.4 Å². The van der Waals surface area contributed by atoms with Gasteiger partial charge in [0.25, 0.3) is 11.8 Å². The van der Waals surface area contributed by atoms with Gasteiger partial charge in [-0.15, -0.1) is 0 Å². The number of carboxylic acid groups (broad SMARTS) is 1. The maximum atomic E-state index is 12.5. The number of carboxylic acids is 1. The molecule has 0 unspecified atom stereocenters. The molecule has 3 aromatic carbocycles. The largest absolute Gasteiger partial charge is 0.478 e. The summed E-state index contributed by atoms with van der Waals surface area (Å²) in [5.74, 6) is -1.86. The molecule has 3 aromatic rings. The van der Waals surface area contributed by atoms with E-state index < -0.39 is 11.9 Å². The van der Waals surface area contributed by atoms with Gasteiger partial charge in [0.2, 0.25) is 0 Å². The lowest BCUT2D eigenvalue weighted by atomic mass is 10.1. The number of nitrogens with one attached hydrogen (secondary N) is 2. The first-order valence-electron chi connectivity index (χ1n) is 8.24.